The van der Waals surface area contributed by atoms with Gasteiger partial charge in [-0.25, -0.2) is 0 Å². The van der Waals surface area contributed by atoms with Gasteiger partial charge < -0.3 is 19.5 Å². The topological polar surface area (TPSA) is 77.8 Å². The van der Waals surface area contributed by atoms with Gasteiger partial charge in [0.1, 0.15) is 11.5 Å². The second kappa shape index (κ2) is 12.4. The molecular weight excluding hydrogens is 520 g/mol. The first-order chi connectivity index (χ1) is 19.4. The van der Waals surface area contributed by atoms with Crippen LogP contribution in [0.15, 0.2) is 101 Å². The highest BCUT2D eigenvalue weighted by atomic mass is 32.1. The largest absolute Gasteiger partial charge is 0.457 e. The van der Waals surface area contributed by atoms with Gasteiger partial charge >= 0.3 is 0 Å². The molecule has 1 aromatic heterocycles. The predicted molar refractivity (Wildman–Crippen MR) is 163 cm³/mol. The van der Waals surface area contributed by atoms with Gasteiger partial charge in [-0.3, -0.25) is 14.9 Å². The number of thiocarbonyl (C=S) groups is 1. The Hall–Kier alpha value is -4.69. The number of aryl methyl sites for hydroxylation is 1. The van der Waals surface area contributed by atoms with E-state index in [1.165, 1.54) is 6.08 Å². The standard InChI is InChI=1S/C32H30N4O3S/c1-23-7-9-25(10-8-23)31(38)36-21-19-35(20-22-36)27-13-11-26(12-14-27)33-32(40)34-30(37)18-16-28-15-17-29(39-28)24-5-3-2-4-6-24/h2-18H,19-22H2,1H3,(H2,33,34,37,40)/b18-16+. The van der Waals surface area contributed by atoms with Crippen molar-refractivity contribution in [2.75, 3.05) is 36.4 Å². The van der Waals surface area contributed by atoms with E-state index >= 15 is 0 Å². The average molecular weight is 551 g/mol. The van der Waals surface area contributed by atoms with Gasteiger partial charge in [0.25, 0.3) is 5.91 Å². The lowest BCUT2D eigenvalue weighted by Gasteiger charge is -2.36. The lowest BCUT2D eigenvalue weighted by atomic mass is 10.1. The molecule has 8 heteroatoms. The van der Waals surface area contributed by atoms with E-state index in [9.17, 15) is 9.59 Å². The highest BCUT2D eigenvalue weighted by molar-refractivity contribution is 7.80. The van der Waals surface area contributed by atoms with Gasteiger partial charge in [-0.15, -0.1) is 0 Å². The Bertz CT molecular complexity index is 1500. The number of anilines is 2. The van der Waals surface area contributed by atoms with Crippen molar-refractivity contribution in [1.29, 1.82) is 0 Å². The SMILES string of the molecule is Cc1ccc(C(=O)N2CCN(c3ccc(NC(=S)NC(=O)/C=C/c4ccc(-c5ccccc5)o4)cc3)CC2)cc1. The summed E-state index contributed by atoms with van der Waals surface area (Å²) in [5, 5.41) is 5.90. The summed E-state index contributed by atoms with van der Waals surface area (Å²) < 4.78 is 5.78. The quantitative estimate of drug-likeness (QED) is 0.235. The van der Waals surface area contributed by atoms with Crippen LogP contribution in [-0.4, -0.2) is 48.0 Å². The number of nitrogens with zero attached hydrogens (tertiary/aromatic N) is 2. The summed E-state index contributed by atoms with van der Waals surface area (Å²) in [5.41, 5.74) is 4.68. The van der Waals surface area contributed by atoms with Crippen molar-refractivity contribution in [2.45, 2.75) is 6.92 Å². The first-order valence-electron chi connectivity index (χ1n) is 13.1. The van der Waals surface area contributed by atoms with Crippen LogP contribution in [0.2, 0.25) is 0 Å². The van der Waals surface area contributed by atoms with E-state index in [1.54, 1.807) is 6.08 Å². The Kier molecular flexibility index (Phi) is 8.37. The Morgan fingerprint density at radius 2 is 1.55 bits per heavy atom. The van der Waals surface area contributed by atoms with E-state index in [0.717, 1.165) is 46.9 Å². The number of amides is 2. The number of carbonyl (C=O) groups excluding carboxylic acids is 2. The molecule has 0 saturated carbocycles. The van der Waals surface area contributed by atoms with Crippen LogP contribution >= 0.6 is 12.2 Å². The molecule has 1 saturated heterocycles. The van der Waals surface area contributed by atoms with Crippen molar-refractivity contribution in [2.24, 2.45) is 0 Å². The van der Waals surface area contributed by atoms with E-state index in [0.29, 0.717) is 18.8 Å². The second-order valence-electron chi connectivity index (χ2n) is 9.54. The molecule has 4 aromatic rings. The summed E-state index contributed by atoms with van der Waals surface area (Å²) in [6.07, 6.45) is 2.99. The lowest BCUT2D eigenvalue weighted by Crippen LogP contribution is -2.48. The molecule has 202 valence electrons. The molecule has 0 atom stereocenters. The van der Waals surface area contributed by atoms with Gasteiger partial charge in [0, 0.05) is 54.8 Å². The number of carbonyl (C=O) groups is 2. The summed E-state index contributed by atoms with van der Waals surface area (Å²) >= 11 is 5.31. The van der Waals surface area contributed by atoms with E-state index in [4.69, 9.17) is 16.6 Å². The van der Waals surface area contributed by atoms with Gasteiger partial charge in [-0.1, -0.05) is 48.0 Å². The Morgan fingerprint density at radius 1 is 0.850 bits per heavy atom. The van der Waals surface area contributed by atoms with Crippen molar-refractivity contribution in [1.82, 2.24) is 10.2 Å². The molecule has 0 bridgehead atoms. The molecule has 7 nitrogen and oxygen atoms in total. The summed E-state index contributed by atoms with van der Waals surface area (Å²) in [4.78, 5) is 29.3. The third kappa shape index (κ3) is 6.84. The monoisotopic (exact) mass is 550 g/mol. The summed E-state index contributed by atoms with van der Waals surface area (Å²) in [5.74, 6) is 1.03. The van der Waals surface area contributed by atoms with Crippen LogP contribution < -0.4 is 15.5 Å². The van der Waals surface area contributed by atoms with Crippen LogP contribution in [0.25, 0.3) is 17.4 Å². The van der Waals surface area contributed by atoms with Crippen LogP contribution in [-0.2, 0) is 4.79 Å². The van der Waals surface area contributed by atoms with Gasteiger partial charge in [-0.05, 0) is 73.7 Å². The fraction of sp³-hybridized carbons (Fsp3) is 0.156. The molecule has 2 amide bonds. The van der Waals surface area contributed by atoms with Crippen LogP contribution in [0, 0.1) is 6.92 Å². The zero-order valence-electron chi connectivity index (χ0n) is 22.2. The molecule has 5 rings (SSSR count). The number of hydrogen-bond donors (Lipinski definition) is 2. The maximum atomic E-state index is 12.8. The second-order valence-corrected chi connectivity index (χ2v) is 9.95. The molecule has 1 aliphatic heterocycles. The highest BCUT2D eigenvalue weighted by Gasteiger charge is 2.22. The molecular formula is C32H30N4O3S. The molecule has 2 N–H and O–H groups in total. The number of nitrogens with one attached hydrogen (secondary N) is 2. The van der Waals surface area contributed by atoms with Crippen molar-refractivity contribution >= 4 is 46.6 Å². The molecule has 0 radical (unpaired) electrons. The van der Waals surface area contributed by atoms with Crippen LogP contribution in [0.3, 0.4) is 0 Å². The molecule has 0 aliphatic carbocycles. The Morgan fingerprint density at radius 3 is 2.25 bits per heavy atom. The molecule has 1 aliphatic rings. The highest BCUT2D eigenvalue weighted by Crippen LogP contribution is 2.23. The van der Waals surface area contributed by atoms with Gasteiger partial charge in [-0.2, -0.15) is 0 Å². The minimum Gasteiger partial charge on any atom is -0.457 e. The van der Waals surface area contributed by atoms with Gasteiger partial charge in [0.15, 0.2) is 5.11 Å². The Balaban J connectivity index is 1.08. The number of furan rings is 1. The van der Waals surface area contributed by atoms with Crippen LogP contribution in [0.4, 0.5) is 11.4 Å². The maximum Gasteiger partial charge on any atom is 0.253 e. The zero-order chi connectivity index (χ0) is 27.9. The summed E-state index contributed by atoms with van der Waals surface area (Å²) in [6.45, 7) is 4.87. The molecule has 3 aromatic carbocycles. The summed E-state index contributed by atoms with van der Waals surface area (Å²) in [6, 6.07) is 29.0. The molecule has 0 spiro atoms. The Labute approximate surface area is 239 Å². The number of rotatable bonds is 6. The van der Waals surface area contributed by atoms with Gasteiger partial charge in [0.2, 0.25) is 5.91 Å². The number of benzene rings is 3. The minimum atomic E-state index is -0.357. The fourth-order valence-electron chi connectivity index (χ4n) is 4.48. The van der Waals surface area contributed by atoms with Crippen LogP contribution in [0.5, 0.6) is 0 Å². The number of hydrogen-bond acceptors (Lipinski definition) is 5. The molecule has 0 unspecified atom stereocenters. The zero-order valence-corrected chi connectivity index (χ0v) is 23.0. The predicted octanol–water partition coefficient (Wildman–Crippen LogP) is 5.74. The van der Waals surface area contributed by atoms with E-state index in [2.05, 4.69) is 15.5 Å². The molecule has 1 fully saturated rings. The normalized spacial score (nSPS) is 13.3. The van der Waals surface area contributed by atoms with E-state index < -0.39 is 0 Å². The molecule has 2 heterocycles. The minimum absolute atomic E-state index is 0.0747. The van der Waals surface area contributed by atoms with E-state index in [1.807, 2.05) is 103 Å². The smallest absolute Gasteiger partial charge is 0.253 e. The third-order valence-corrected chi connectivity index (χ3v) is 6.88. The van der Waals surface area contributed by atoms with Gasteiger partial charge in [0.05, 0.1) is 0 Å². The van der Waals surface area contributed by atoms with Crippen molar-refractivity contribution in [3.63, 3.8) is 0 Å². The van der Waals surface area contributed by atoms with E-state index in [-0.39, 0.29) is 16.9 Å². The fourth-order valence-corrected chi connectivity index (χ4v) is 4.69. The first-order valence-corrected chi connectivity index (χ1v) is 13.5. The van der Waals surface area contributed by atoms with Crippen molar-refractivity contribution < 1.29 is 14.0 Å². The summed E-state index contributed by atoms with van der Waals surface area (Å²) in [7, 11) is 0. The third-order valence-electron chi connectivity index (χ3n) is 6.68. The van der Waals surface area contributed by atoms with Crippen molar-refractivity contribution in [3.05, 3.63) is 114 Å². The average Bonchev–Trinajstić information content (AvgIpc) is 3.46. The number of piperazine rings is 1. The van der Waals surface area contributed by atoms with Crippen molar-refractivity contribution in [3.8, 4) is 11.3 Å². The maximum absolute atomic E-state index is 12.8. The van der Waals surface area contributed by atoms with Crippen LogP contribution in [0.1, 0.15) is 21.7 Å². The lowest BCUT2D eigenvalue weighted by molar-refractivity contribution is -0.115. The molecule has 40 heavy (non-hydrogen) atoms. The first kappa shape index (κ1) is 26.9.